The molecular weight excluding hydrogens is 708 g/mol. The fourth-order valence-electron chi connectivity index (χ4n) is 5.20. The molecule has 1 fully saturated rings. The Bertz CT molecular complexity index is 1600. The van der Waals surface area contributed by atoms with Crippen LogP contribution in [0.1, 0.15) is 46.1 Å². The van der Waals surface area contributed by atoms with E-state index in [2.05, 4.69) is 32.4 Å². The van der Waals surface area contributed by atoms with Crippen LogP contribution in [0, 0.1) is 8.99 Å². The Labute approximate surface area is 276 Å². The lowest BCUT2D eigenvalue weighted by atomic mass is 9.85. The number of nitrogens with zero attached hydrogens (tertiary/aromatic N) is 2. The number of rotatable bonds is 9. The smallest absolute Gasteiger partial charge is 0.404 e. The number of allylic oxidation sites excluding steroid dienone is 1. The van der Waals surface area contributed by atoms with Gasteiger partial charge in [0.2, 0.25) is 11.8 Å². The monoisotopic (exact) mass is 745 g/mol. The molecule has 0 bridgehead atoms. The van der Waals surface area contributed by atoms with E-state index in [9.17, 15) is 18.9 Å². The Hall–Kier alpha value is -3.51. The third-order valence-corrected chi connectivity index (χ3v) is 8.59. The van der Waals surface area contributed by atoms with Crippen molar-refractivity contribution < 1.29 is 33.3 Å². The van der Waals surface area contributed by atoms with E-state index in [-0.39, 0.29) is 17.6 Å². The van der Waals surface area contributed by atoms with Gasteiger partial charge in [-0.25, -0.2) is 4.57 Å². The van der Waals surface area contributed by atoms with Crippen LogP contribution in [0.25, 0.3) is 5.57 Å². The van der Waals surface area contributed by atoms with Crippen LogP contribution in [-0.2, 0) is 18.9 Å². The number of phosphoric ester groups is 1. The predicted molar refractivity (Wildman–Crippen MR) is 182 cm³/mol. The summed E-state index contributed by atoms with van der Waals surface area (Å²) in [7, 11) is -4.69. The highest BCUT2D eigenvalue weighted by Gasteiger charge is 2.43. The summed E-state index contributed by atoms with van der Waals surface area (Å²) >= 11 is 2.22. The normalized spacial score (nSPS) is 16.2. The molecule has 2 atom stereocenters. The Morgan fingerprint density at radius 3 is 2.18 bits per heavy atom. The summed E-state index contributed by atoms with van der Waals surface area (Å²) in [6.45, 7) is 7.69. The average molecular weight is 746 g/mol. The second-order valence-corrected chi connectivity index (χ2v) is 14.3. The number of phosphoric acid groups is 1. The first kappa shape index (κ1) is 34.4. The minimum absolute atomic E-state index is 0.00899. The third kappa shape index (κ3) is 9.03. The summed E-state index contributed by atoms with van der Waals surface area (Å²) in [5.74, 6) is -1.03. The number of anilines is 2. The quantitative estimate of drug-likeness (QED) is 0.138. The lowest BCUT2D eigenvalue weighted by Gasteiger charge is -2.36. The Morgan fingerprint density at radius 2 is 1.60 bits per heavy atom. The summed E-state index contributed by atoms with van der Waals surface area (Å²) in [5.41, 5.74) is 1.94. The minimum Gasteiger partial charge on any atom is -0.404 e. The van der Waals surface area contributed by atoms with Crippen molar-refractivity contribution in [3.8, 4) is 5.75 Å². The summed E-state index contributed by atoms with van der Waals surface area (Å²) in [4.78, 5) is 62.8. The molecule has 1 aliphatic heterocycles. The zero-order valence-electron chi connectivity index (χ0n) is 25.5. The van der Waals surface area contributed by atoms with E-state index in [0.29, 0.717) is 41.9 Å². The van der Waals surface area contributed by atoms with E-state index in [4.69, 9.17) is 9.79 Å². The number of hydrogen-bond acceptors (Lipinski definition) is 5. The number of likely N-dealkylation sites (tertiary alicyclic amines) is 1. The molecule has 45 heavy (non-hydrogen) atoms. The van der Waals surface area contributed by atoms with Gasteiger partial charge in [-0.15, -0.1) is 0 Å². The maximum atomic E-state index is 14.2. The molecule has 0 aliphatic carbocycles. The molecule has 12 heteroatoms. The van der Waals surface area contributed by atoms with E-state index >= 15 is 0 Å². The average Bonchev–Trinajstić information content (AvgIpc) is 3.46. The molecule has 1 saturated heterocycles. The van der Waals surface area contributed by atoms with E-state index in [1.807, 2.05) is 75.4 Å². The summed E-state index contributed by atoms with van der Waals surface area (Å²) < 4.78 is 16.7. The zero-order valence-corrected chi connectivity index (χ0v) is 28.6. The van der Waals surface area contributed by atoms with Crippen molar-refractivity contribution in [3.63, 3.8) is 0 Å². The third-order valence-electron chi connectivity index (χ3n) is 7.42. The van der Waals surface area contributed by atoms with Crippen LogP contribution in [-0.4, -0.2) is 51.0 Å². The van der Waals surface area contributed by atoms with Gasteiger partial charge in [0.05, 0.1) is 0 Å². The van der Waals surface area contributed by atoms with Gasteiger partial charge in [-0.05, 0) is 107 Å². The Morgan fingerprint density at radius 1 is 1.00 bits per heavy atom. The van der Waals surface area contributed by atoms with Gasteiger partial charge < -0.3 is 14.7 Å². The first-order chi connectivity index (χ1) is 21.1. The SMILES string of the molecule is CC(=CC(=O)NC(C(=O)N1CCCC1C(=O)N(c1ccccc1)c1ccc(I)cc1)C(C)(C)C)c1ccc(OP(=O)(O)O)cc1. The van der Waals surface area contributed by atoms with Gasteiger partial charge in [-0.2, -0.15) is 0 Å². The molecule has 2 unspecified atom stereocenters. The molecule has 3 aromatic rings. The highest BCUT2D eigenvalue weighted by Crippen LogP contribution is 2.38. The van der Waals surface area contributed by atoms with Crippen molar-refractivity contribution in [2.45, 2.75) is 52.6 Å². The van der Waals surface area contributed by atoms with E-state index < -0.39 is 31.2 Å². The van der Waals surface area contributed by atoms with E-state index in [1.54, 1.807) is 28.9 Å². The number of nitrogens with one attached hydrogen (secondary N) is 1. The molecule has 10 nitrogen and oxygen atoms in total. The highest BCUT2D eigenvalue weighted by atomic mass is 127. The second kappa shape index (κ2) is 14.3. The maximum Gasteiger partial charge on any atom is 0.524 e. The van der Waals surface area contributed by atoms with E-state index in [0.717, 1.165) is 3.57 Å². The van der Waals surface area contributed by atoms with Gasteiger partial charge in [-0.3, -0.25) is 29.1 Å². The van der Waals surface area contributed by atoms with Crippen LogP contribution >= 0.6 is 30.4 Å². The predicted octanol–water partition coefficient (Wildman–Crippen LogP) is 6.05. The molecule has 0 spiro atoms. The van der Waals surface area contributed by atoms with Crippen LogP contribution in [0.5, 0.6) is 5.75 Å². The highest BCUT2D eigenvalue weighted by molar-refractivity contribution is 14.1. The summed E-state index contributed by atoms with van der Waals surface area (Å²) in [6, 6.07) is 21.3. The van der Waals surface area contributed by atoms with Crippen molar-refractivity contribution >= 4 is 65.1 Å². The van der Waals surface area contributed by atoms with Crippen molar-refractivity contribution in [1.82, 2.24) is 10.2 Å². The number of para-hydroxylation sites is 1. The summed E-state index contributed by atoms with van der Waals surface area (Å²) in [5, 5.41) is 2.88. The van der Waals surface area contributed by atoms with Crippen molar-refractivity contribution in [2.24, 2.45) is 5.41 Å². The number of benzene rings is 3. The Kier molecular flexibility index (Phi) is 10.9. The molecule has 4 rings (SSSR count). The fraction of sp³-hybridized carbons (Fsp3) is 0.303. The van der Waals surface area contributed by atoms with Gasteiger partial charge >= 0.3 is 7.82 Å². The van der Waals surface area contributed by atoms with Crippen LogP contribution < -0.4 is 14.7 Å². The second-order valence-electron chi connectivity index (χ2n) is 11.9. The molecular formula is C33H37IN3O7P. The van der Waals surface area contributed by atoms with Gasteiger partial charge in [0, 0.05) is 27.6 Å². The molecule has 3 N–H and O–H groups in total. The lowest BCUT2D eigenvalue weighted by molar-refractivity contribution is -0.142. The van der Waals surface area contributed by atoms with Gasteiger partial charge in [0.25, 0.3) is 5.91 Å². The molecule has 238 valence electrons. The van der Waals surface area contributed by atoms with Crippen molar-refractivity contribution in [1.29, 1.82) is 0 Å². The van der Waals surface area contributed by atoms with E-state index in [1.165, 1.54) is 18.2 Å². The standard InChI is InChI=1S/C33H37IN3O7P/c1-22(23-12-18-27(19-13-23)44-45(41,42)43)21-29(38)35-30(33(2,3)4)32(40)36-20-8-11-28(36)31(39)37(25-9-6-5-7-10-25)26-16-14-24(34)15-17-26/h5-7,9-10,12-19,21,28,30H,8,11,20H2,1-4H3,(H,35,38)(H2,41,42,43). The largest absolute Gasteiger partial charge is 0.524 e. The maximum absolute atomic E-state index is 14.2. The first-order valence-corrected chi connectivity index (χ1v) is 17.0. The van der Waals surface area contributed by atoms with Gasteiger partial charge in [0.1, 0.15) is 17.8 Å². The van der Waals surface area contributed by atoms with Crippen LogP contribution in [0.2, 0.25) is 0 Å². The Balaban J connectivity index is 1.55. The molecule has 3 amide bonds. The fourth-order valence-corrected chi connectivity index (χ4v) is 5.96. The van der Waals surface area contributed by atoms with Crippen LogP contribution in [0.15, 0.2) is 84.9 Å². The number of halogens is 1. The van der Waals surface area contributed by atoms with Gasteiger partial charge in [-0.1, -0.05) is 51.1 Å². The van der Waals surface area contributed by atoms with Crippen LogP contribution in [0.3, 0.4) is 0 Å². The van der Waals surface area contributed by atoms with Crippen LogP contribution in [0.4, 0.5) is 11.4 Å². The first-order valence-electron chi connectivity index (χ1n) is 14.4. The molecule has 0 saturated carbocycles. The molecule has 1 aliphatic rings. The lowest BCUT2D eigenvalue weighted by Crippen LogP contribution is -2.57. The summed E-state index contributed by atoms with van der Waals surface area (Å²) in [6.07, 6.45) is 2.53. The molecule has 0 aromatic heterocycles. The van der Waals surface area contributed by atoms with Crippen molar-refractivity contribution in [2.75, 3.05) is 11.4 Å². The van der Waals surface area contributed by atoms with Crippen molar-refractivity contribution in [3.05, 3.63) is 94.1 Å². The topological polar surface area (TPSA) is 136 Å². The number of carbonyl (C=O) groups excluding carboxylic acids is 3. The van der Waals surface area contributed by atoms with Gasteiger partial charge in [0.15, 0.2) is 0 Å². The number of amides is 3. The minimum atomic E-state index is -4.69. The molecule has 0 radical (unpaired) electrons. The number of carbonyl (C=O) groups is 3. The number of hydrogen-bond donors (Lipinski definition) is 3. The molecule has 3 aromatic carbocycles. The molecule has 1 heterocycles. The zero-order chi connectivity index (χ0) is 32.9.